The smallest absolute Gasteiger partial charge is 0.0830 e. The molecular weight excluding hydrogens is 168 g/mol. The highest BCUT2D eigenvalue weighted by Gasteiger charge is 2.28. The van der Waals surface area contributed by atoms with E-state index >= 15 is 0 Å². The molecule has 1 fully saturated rings. The maximum atomic E-state index is 9.71. The lowest BCUT2D eigenvalue weighted by Crippen LogP contribution is -2.35. The normalized spacial score (nSPS) is 41.5. The van der Waals surface area contributed by atoms with Crippen molar-refractivity contribution in [1.29, 1.82) is 3.70 Å². The van der Waals surface area contributed by atoms with Crippen LogP contribution in [0.5, 0.6) is 0 Å². The van der Waals surface area contributed by atoms with E-state index in [9.17, 15) is 5.11 Å². The average Bonchev–Trinajstić information content (AvgIpc) is 2.14. The van der Waals surface area contributed by atoms with Crippen LogP contribution in [0.25, 0.3) is 0 Å². The van der Waals surface area contributed by atoms with E-state index in [0.717, 1.165) is 19.3 Å². The summed E-state index contributed by atoms with van der Waals surface area (Å²) < 4.78 is 26.9. The Labute approximate surface area is 81.4 Å². The Morgan fingerprint density at radius 1 is 1.67 bits per heavy atom. The molecule has 0 aliphatic heterocycles. The van der Waals surface area contributed by atoms with Crippen LogP contribution >= 0.6 is 0 Å². The molecule has 0 radical (unpaired) electrons. The van der Waals surface area contributed by atoms with Gasteiger partial charge in [-0.1, -0.05) is 12.5 Å². The van der Waals surface area contributed by atoms with E-state index in [-0.39, 0.29) is 6.10 Å². The van der Waals surface area contributed by atoms with Gasteiger partial charge in [0, 0.05) is 20.9 Å². The number of hydrogen-bond donors (Lipinski definition) is 1. The molecule has 0 heterocycles. The fourth-order valence-electron chi connectivity index (χ4n) is 1.94. The lowest BCUT2D eigenvalue weighted by molar-refractivity contribution is -0.0500. The number of aliphatic hydroxyl groups excluding tert-OH is 1. The van der Waals surface area contributed by atoms with E-state index in [4.69, 9.17) is 8.44 Å². The van der Waals surface area contributed by atoms with Crippen molar-refractivity contribution < 1.29 is 9.84 Å². The molecule has 1 rings (SSSR count). The molecule has 0 spiro atoms. The predicted molar refractivity (Wildman–Crippen MR) is 53.5 cm³/mol. The molecule has 1 aliphatic rings. The summed E-state index contributed by atoms with van der Waals surface area (Å²) in [7, 11) is -1.54. The zero-order valence-corrected chi connectivity index (χ0v) is 8.62. The van der Waals surface area contributed by atoms with Gasteiger partial charge in [-0.05, 0) is 25.2 Å². The molecule has 0 bridgehead atoms. The van der Waals surface area contributed by atoms with Crippen LogP contribution < -0.4 is 0 Å². The predicted octanol–water partition coefficient (Wildman–Crippen LogP) is 0.336. The third-order valence-electron chi connectivity index (χ3n) is 2.72. The molecule has 3 atom stereocenters. The summed E-state index contributed by atoms with van der Waals surface area (Å²) in [4.78, 5) is 0. The van der Waals surface area contributed by atoms with Gasteiger partial charge in [-0.3, -0.25) is 0 Å². The third kappa shape index (κ3) is 2.57. The molecule has 1 N–H and O–H groups in total. The molecule has 0 saturated heterocycles. The summed E-state index contributed by atoms with van der Waals surface area (Å²) >= 11 is 0. The minimum atomic E-state index is -3.15. The molecule has 3 heteroatoms. The van der Waals surface area contributed by atoms with E-state index in [1.54, 1.807) is 7.11 Å². The van der Waals surface area contributed by atoms with E-state index in [0.29, 0.717) is 18.4 Å². The first-order chi connectivity index (χ1) is 6.92. The van der Waals surface area contributed by atoms with Crippen molar-refractivity contribution in [3.8, 4) is 0 Å². The number of rotatable bonds is 4. The molecule has 72 valence electrons. The van der Waals surface area contributed by atoms with E-state index in [2.05, 4.69) is 0 Å². The van der Waals surface area contributed by atoms with Crippen molar-refractivity contribution >= 4 is 10.0 Å². The summed E-state index contributed by atoms with van der Waals surface area (Å²) in [6.45, 7) is 0. The minimum absolute atomic E-state index is 0.0498. The second-order valence-corrected chi connectivity index (χ2v) is 4.06. The van der Waals surface area contributed by atoms with Gasteiger partial charge in [-0.15, -0.1) is 0 Å². The fraction of sp³-hybridized carbons (Fsp3) is 1.00. The van der Waals surface area contributed by atoms with Crippen molar-refractivity contribution in [2.75, 3.05) is 7.11 Å². The first-order valence-electron chi connectivity index (χ1n) is 6.13. The zero-order valence-electron chi connectivity index (χ0n) is 10.6. The molecule has 0 amide bonds. The van der Waals surface area contributed by atoms with Crippen LogP contribution in [0, 0.1) is 5.92 Å². The number of aliphatic hydroxyl groups is 1. The largest absolute Gasteiger partial charge is 0.390 e. The second kappa shape index (κ2) is 4.99. The lowest BCUT2D eigenvalue weighted by Gasteiger charge is -2.31. The Balaban J connectivity index is 2.29. The topological polar surface area (TPSA) is 29.5 Å². The van der Waals surface area contributed by atoms with E-state index in [1.807, 2.05) is 0 Å². The first-order valence-corrected chi connectivity index (χ1v) is 5.34. The molecule has 12 heavy (non-hydrogen) atoms. The van der Waals surface area contributed by atoms with Crippen LogP contribution in [0.2, 0.25) is 6.04 Å². The van der Waals surface area contributed by atoms with Crippen molar-refractivity contribution in [2.45, 2.75) is 43.9 Å². The SMILES string of the molecule is [3H][Si]([3H])([3H])CCC1CCC(OC)C(O)C1. The average molecular weight is 194 g/mol. The third-order valence-corrected chi connectivity index (χ3v) is 3.01. The molecular formula is C9H20O2Si. The maximum absolute atomic E-state index is 9.71. The van der Waals surface area contributed by atoms with E-state index in [1.165, 1.54) is 0 Å². The standard InChI is InChI=1S/C9H20O2Si/c1-11-9-3-2-7(4-5-12)6-8(9)10/h7-10H,2-6H2,1,12H3/i12T3. The summed E-state index contributed by atoms with van der Waals surface area (Å²) in [5.74, 6) is 0.374. The van der Waals surface area contributed by atoms with Gasteiger partial charge in [0.25, 0.3) is 0 Å². The van der Waals surface area contributed by atoms with Gasteiger partial charge in [0.05, 0.1) is 12.2 Å². The minimum Gasteiger partial charge on any atom is -0.390 e. The van der Waals surface area contributed by atoms with Crippen LogP contribution in [0.15, 0.2) is 0 Å². The molecule has 0 aromatic carbocycles. The van der Waals surface area contributed by atoms with Gasteiger partial charge in [-0.2, -0.15) is 0 Å². The van der Waals surface area contributed by atoms with Crippen molar-refractivity contribution in [2.24, 2.45) is 5.92 Å². The summed E-state index contributed by atoms with van der Waals surface area (Å²) in [5, 5.41) is 9.71. The fourth-order valence-corrected chi connectivity index (χ4v) is 2.35. The Morgan fingerprint density at radius 3 is 3.08 bits per heavy atom. The van der Waals surface area contributed by atoms with Gasteiger partial charge in [0.1, 0.15) is 0 Å². The molecule has 0 aromatic heterocycles. The zero-order chi connectivity index (χ0) is 11.5. The summed E-state index contributed by atoms with van der Waals surface area (Å²) in [6, 6.07) is 0.391. The van der Waals surface area contributed by atoms with Crippen molar-refractivity contribution in [3.63, 3.8) is 0 Å². The summed E-state index contributed by atoms with van der Waals surface area (Å²) in [5.41, 5.74) is 0. The highest BCUT2D eigenvalue weighted by atomic mass is 28.1. The highest BCUT2D eigenvalue weighted by molar-refractivity contribution is 6.08. The Bertz CT molecular complexity index is 198. The molecule has 1 saturated carbocycles. The Morgan fingerprint density at radius 2 is 2.50 bits per heavy atom. The molecule has 0 aromatic rings. The Kier molecular flexibility index (Phi) is 2.73. The Hall–Kier alpha value is 0.137. The molecule has 1 aliphatic carbocycles. The molecule has 3 unspecified atom stereocenters. The summed E-state index contributed by atoms with van der Waals surface area (Å²) in [6.07, 6.45) is 2.82. The van der Waals surface area contributed by atoms with Gasteiger partial charge < -0.3 is 9.84 Å². The number of hydrogen-bond acceptors (Lipinski definition) is 2. The second-order valence-electron chi connectivity index (χ2n) is 3.56. The van der Waals surface area contributed by atoms with Crippen LogP contribution in [0.4, 0.5) is 0 Å². The van der Waals surface area contributed by atoms with Gasteiger partial charge >= 0.3 is 0 Å². The highest BCUT2D eigenvalue weighted by Crippen LogP contribution is 2.29. The molecule has 2 nitrogen and oxygen atoms in total. The van der Waals surface area contributed by atoms with Gasteiger partial charge in [-0.25, -0.2) is 0 Å². The van der Waals surface area contributed by atoms with Crippen molar-refractivity contribution in [3.05, 3.63) is 0 Å². The van der Waals surface area contributed by atoms with Crippen LogP contribution in [-0.2, 0) is 4.74 Å². The van der Waals surface area contributed by atoms with Crippen LogP contribution in [0.1, 0.15) is 25.7 Å². The number of ether oxygens (including phenoxy) is 1. The number of methoxy groups -OCH3 is 1. The monoisotopic (exact) mass is 194 g/mol. The lowest BCUT2D eigenvalue weighted by atomic mass is 9.84. The van der Waals surface area contributed by atoms with Gasteiger partial charge in [0.15, 0.2) is 0 Å². The van der Waals surface area contributed by atoms with Gasteiger partial charge in [0.2, 0.25) is 0 Å². The van der Waals surface area contributed by atoms with Crippen LogP contribution in [0.3, 0.4) is 0 Å². The van der Waals surface area contributed by atoms with E-state index < -0.39 is 16.1 Å². The quantitative estimate of drug-likeness (QED) is 0.654. The van der Waals surface area contributed by atoms with Crippen LogP contribution in [-0.4, -0.2) is 38.2 Å². The maximum Gasteiger partial charge on any atom is 0.0830 e. The van der Waals surface area contributed by atoms with Crippen molar-refractivity contribution in [1.82, 2.24) is 0 Å². The first kappa shape index (κ1) is 6.57.